The maximum absolute atomic E-state index is 11.4. The van der Waals surface area contributed by atoms with E-state index in [1.807, 2.05) is 24.3 Å². The van der Waals surface area contributed by atoms with Crippen LogP contribution in [0.5, 0.6) is 5.75 Å². The molecule has 1 rings (SSSR count). The van der Waals surface area contributed by atoms with E-state index in [9.17, 15) is 4.79 Å². The van der Waals surface area contributed by atoms with Crippen LogP contribution in [0.25, 0.3) is 0 Å². The number of alkyl halides is 1. The molecule has 1 aromatic rings. The molecule has 0 unspecified atom stereocenters. The molecule has 17 heavy (non-hydrogen) atoms. The molecule has 3 nitrogen and oxygen atoms in total. The molecule has 0 saturated carbocycles. The van der Waals surface area contributed by atoms with Gasteiger partial charge in [0.1, 0.15) is 5.75 Å². The first-order valence-corrected chi connectivity index (χ1v) is 6.81. The molecule has 0 heterocycles. The summed E-state index contributed by atoms with van der Waals surface area (Å²) in [6.45, 7) is 3.40. The second kappa shape index (κ2) is 7.33. The predicted molar refractivity (Wildman–Crippen MR) is 72.5 cm³/mol. The van der Waals surface area contributed by atoms with Gasteiger partial charge < -0.3 is 9.64 Å². The monoisotopic (exact) mass is 299 g/mol. The van der Waals surface area contributed by atoms with Crippen molar-refractivity contribution in [3.63, 3.8) is 0 Å². The van der Waals surface area contributed by atoms with E-state index in [1.165, 1.54) is 0 Å². The fourth-order valence-electron chi connectivity index (χ4n) is 1.42. The molecule has 0 atom stereocenters. The van der Waals surface area contributed by atoms with Gasteiger partial charge in [-0.3, -0.25) is 4.79 Å². The summed E-state index contributed by atoms with van der Waals surface area (Å²) in [7, 11) is 1.79. The Kier molecular flexibility index (Phi) is 6.05. The number of hydrogen-bond acceptors (Lipinski definition) is 2. The third-order valence-electron chi connectivity index (χ3n) is 2.33. The van der Waals surface area contributed by atoms with Crippen molar-refractivity contribution in [2.45, 2.75) is 19.9 Å². The molecule has 0 aromatic heterocycles. The Labute approximate surface area is 111 Å². The lowest BCUT2D eigenvalue weighted by Crippen LogP contribution is -2.26. The highest BCUT2D eigenvalue weighted by atomic mass is 79.9. The van der Waals surface area contributed by atoms with Crippen LogP contribution in [0.1, 0.15) is 18.9 Å². The average molecular weight is 300 g/mol. The molecule has 94 valence electrons. The van der Waals surface area contributed by atoms with Gasteiger partial charge in [-0.25, -0.2) is 0 Å². The summed E-state index contributed by atoms with van der Waals surface area (Å²) in [5.41, 5.74) is 1.08. The lowest BCUT2D eigenvalue weighted by atomic mass is 10.2. The molecule has 0 fully saturated rings. The first-order chi connectivity index (χ1) is 8.17. The first-order valence-electron chi connectivity index (χ1n) is 5.69. The molecule has 0 aliphatic heterocycles. The van der Waals surface area contributed by atoms with Crippen LogP contribution in [0.4, 0.5) is 0 Å². The first kappa shape index (κ1) is 14.0. The molecule has 0 aliphatic rings. The number of hydrogen-bond donors (Lipinski definition) is 0. The van der Waals surface area contributed by atoms with Crippen molar-refractivity contribution in [2.24, 2.45) is 0 Å². The van der Waals surface area contributed by atoms with Crippen molar-refractivity contribution in [1.82, 2.24) is 4.90 Å². The van der Waals surface area contributed by atoms with Crippen molar-refractivity contribution in [2.75, 3.05) is 19.0 Å². The van der Waals surface area contributed by atoms with Crippen LogP contribution < -0.4 is 4.74 Å². The zero-order chi connectivity index (χ0) is 12.7. The minimum atomic E-state index is 0.0740. The lowest BCUT2D eigenvalue weighted by Gasteiger charge is -2.16. The summed E-state index contributed by atoms with van der Waals surface area (Å²) >= 11 is 3.16. The van der Waals surface area contributed by atoms with E-state index in [4.69, 9.17) is 4.74 Å². The topological polar surface area (TPSA) is 29.5 Å². The van der Waals surface area contributed by atoms with E-state index in [0.717, 1.165) is 24.3 Å². The Morgan fingerprint density at radius 2 is 2.24 bits per heavy atom. The summed E-state index contributed by atoms with van der Waals surface area (Å²) in [5, 5.41) is 0.357. The maximum Gasteiger partial charge on any atom is 0.233 e. The van der Waals surface area contributed by atoms with Crippen LogP contribution in [0.2, 0.25) is 0 Å². The number of carbonyl (C=O) groups is 1. The number of amides is 1. The number of nitrogens with zero attached hydrogens (tertiary/aromatic N) is 1. The second-order valence-corrected chi connectivity index (χ2v) is 4.44. The van der Waals surface area contributed by atoms with Crippen molar-refractivity contribution < 1.29 is 9.53 Å². The van der Waals surface area contributed by atoms with Crippen LogP contribution in [0, 0.1) is 0 Å². The molecule has 1 amide bonds. The molecule has 4 heteroatoms. The number of halogens is 1. The van der Waals surface area contributed by atoms with Crippen molar-refractivity contribution in [3.8, 4) is 5.75 Å². The molecule has 0 radical (unpaired) electrons. The van der Waals surface area contributed by atoms with Crippen molar-refractivity contribution in [1.29, 1.82) is 0 Å². The van der Waals surface area contributed by atoms with E-state index >= 15 is 0 Å². The number of carbonyl (C=O) groups excluding carboxylic acids is 1. The van der Waals surface area contributed by atoms with Gasteiger partial charge in [0.25, 0.3) is 0 Å². The van der Waals surface area contributed by atoms with Gasteiger partial charge in [0.2, 0.25) is 5.91 Å². The highest BCUT2D eigenvalue weighted by molar-refractivity contribution is 9.09. The molecular weight excluding hydrogens is 282 g/mol. The van der Waals surface area contributed by atoms with Gasteiger partial charge in [-0.05, 0) is 24.1 Å². The molecule has 0 spiro atoms. The van der Waals surface area contributed by atoms with Gasteiger partial charge >= 0.3 is 0 Å². The second-order valence-electron chi connectivity index (χ2n) is 3.88. The highest BCUT2D eigenvalue weighted by Gasteiger charge is 2.07. The fraction of sp³-hybridized carbons (Fsp3) is 0.462. The third kappa shape index (κ3) is 4.77. The largest absolute Gasteiger partial charge is 0.494 e. The Morgan fingerprint density at radius 1 is 1.47 bits per heavy atom. The number of benzene rings is 1. The van der Waals surface area contributed by atoms with Gasteiger partial charge in [-0.1, -0.05) is 35.0 Å². The molecule has 0 N–H and O–H groups in total. The minimum absolute atomic E-state index is 0.0740. The zero-order valence-corrected chi connectivity index (χ0v) is 11.9. The zero-order valence-electron chi connectivity index (χ0n) is 10.3. The predicted octanol–water partition coefficient (Wildman–Crippen LogP) is 2.83. The standard InChI is InChI=1S/C13H18BrNO2/c1-3-7-17-12-6-4-5-11(8-12)10-15(2)13(16)9-14/h4-6,8H,3,7,9-10H2,1-2H3. The average Bonchev–Trinajstić information content (AvgIpc) is 2.35. The van der Waals surface area contributed by atoms with E-state index in [0.29, 0.717) is 11.9 Å². The van der Waals surface area contributed by atoms with Crippen molar-refractivity contribution in [3.05, 3.63) is 29.8 Å². The fourth-order valence-corrected chi connectivity index (χ4v) is 1.85. The van der Waals surface area contributed by atoms with Crippen LogP contribution in [0.3, 0.4) is 0 Å². The summed E-state index contributed by atoms with van der Waals surface area (Å²) in [5.74, 6) is 0.939. The smallest absolute Gasteiger partial charge is 0.233 e. The van der Waals surface area contributed by atoms with Gasteiger partial charge in [0.05, 0.1) is 11.9 Å². The Hall–Kier alpha value is -1.03. The lowest BCUT2D eigenvalue weighted by molar-refractivity contribution is -0.127. The SMILES string of the molecule is CCCOc1cccc(CN(C)C(=O)CBr)c1. The summed E-state index contributed by atoms with van der Waals surface area (Å²) in [6, 6.07) is 7.86. The Morgan fingerprint density at radius 3 is 2.88 bits per heavy atom. The summed E-state index contributed by atoms with van der Waals surface area (Å²) < 4.78 is 5.55. The Balaban J connectivity index is 2.62. The van der Waals surface area contributed by atoms with Gasteiger partial charge in [0.15, 0.2) is 0 Å². The molecule has 0 bridgehead atoms. The molecule has 0 aliphatic carbocycles. The quantitative estimate of drug-likeness (QED) is 0.756. The van der Waals surface area contributed by atoms with Crippen LogP contribution in [0.15, 0.2) is 24.3 Å². The van der Waals surface area contributed by atoms with Gasteiger partial charge in [-0.2, -0.15) is 0 Å². The van der Waals surface area contributed by atoms with E-state index in [2.05, 4.69) is 22.9 Å². The van der Waals surface area contributed by atoms with E-state index < -0.39 is 0 Å². The van der Waals surface area contributed by atoms with Crippen LogP contribution in [-0.2, 0) is 11.3 Å². The van der Waals surface area contributed by atoms with Crippen molar-refractivity contribution >= 4 is 21.8 Å². The highest BCUT2D eigenvalue weighted by Crippen LogP contribution is 2.15. The number of rotatable bonds is 6. The van der Waals surface area contributed by atoms with E-state index in [-0.39, 0.29) is 5.91 Å². The summed E-state index contributed by atoms with van der Waals surface area (Å²) in [6.07, 6.45) is 0.992. The van der Waals surface area contributed by atoms with Crippen LogP contribution >= 0.6 is 15.9 Å². The minimum Gasteiger partial charge on any atom is -0.494 e. The molecular formula is C13H18BrNO2. The van der Waals surface area contributed by atoms with E-state index in [1.54, 1.807) is 11.9 Å². The summed E-state index contributed by atoms with van der Waals surface area (Å²) in [4.78, 5) is 13.1. The molecule has 0 saturated heterocycles. The maximum atomic E-state index is 11.4. The Bertz CT molecular complexity index is 368. The number of ether oxygens (including phenoxy) is 1. The third-order valence-corrected chi connectivity index (χ3v) is 2.81. The van der Waals surface area contributed by atoms with Gasteiger partial charge in [0, 0.05) is 13.6 Å². The van der Waals surface area contributed by atoms with Crippen LogP contribution in [-0.4, -0.2) is 29.8 Å². The van der Waals surface area contributed by atoms with Gasteiger partial charge in [-0.15, -0.1) is 0 Å². The normalized spacial score (nSPS) is 10.1. The molecule has 1 aromatic carbocycles.